The predicted octanol–water partition coefficient (Wildman–Crippen LogP) is 2.88. The standard InChI is InChI=1S/C15H24N2O3/c1-5-11(2)16-14-10-13(17-12(3)18)6-7-15(14)20-9-8-19-4/h6-7,10-11,16H,5,8-9H2,1-4H3,(H,17,18). The van der Waals surface area contributed by atoms with E-state index in [1.165, 1.54) is 6.92 Å². The Labute approximate surface area is 120 Å². The molecule has 112 valence electrons. The van der Waals surface area contributed by atoms with E-state index < -0.39 is 0 Å². The molecule has 1 aromatic rings. The highest BCUT2D eigenvalue weighted by molar-refractivity contribution is 5.89. The van der Waals surface area contributed by atoms with Gasteiger partial charge in [-0.05, 0) is 31.5 Å². The lowest BCUT2D eigenvalue weighted by molar-refractivity contribution is -0.114. The van der Waals surface area contributed by atoms with Crippen LogP contribution >= 0.6 is 0 Å². The van der Waals surface area contributed by atoms with Crippen LogP contribution < -0.4 is 15.4 Å². The molecular formula is C15H24N2O3. The summed E-state index contributed by atoms with van der Waals surface area (Å²) >= 11 is 0. The van der Waals surface area contributed by atoms with Crippen LogP contribution in [-0.4, -0.2) is 32.3 Å². The molecule has 0 fully saturated rings. The van der Waals surface area contributed by atoms with Crippen LogP contribution in [0.4, 0.5) is 11.4 Å². The van der Waals surface area contributed by atoms with Crippen molar-refractivity contribution in [2.45, 2.75) is 33.2 Å². The summed E-state index contributed by atoms with van der Waals surface area (Å²) in [4.78, 5) is 11.1. The Hall–Kier alpha value is -1.75. The van der Waals surface area contributed by atoms with Crippen LogP contribution in [0, 0.1) is 0 Å². The Bertz CT molecular complexity index is 435. The Morgan fingerprint density at radius 3 is 2.70 bits per heavy atom. The average molecular weight is 280 g/mol. The van der Waals surface area contributed by atoms with Gasteiger partial charge in [0.1, 0.15) is 12.4 Å². The first-order valence-electron chi connectivity index (χ1n) is 6.86. The monoisotopic (exact) mass is 280 g/mol. The van der Waals surface area contributed by atoms with Crippen molar-refractivity contribution in [1.82, 2.24) is 0 Å². The highest BCUT2D eigenvalue weighted by Crippen LogP contribution is 2.29. The van der Waals surface area contributed by atoms with Gasteiger partial charge in [0.05, 0.1) is 12.3 Å². The molecule has 0 radical (unpaired) electrons. The second-order valence-electron chi connectivity index (χ2n) is 4.69. The van der Waals surface area contributed by atoms with E-state index in [-0.39, 0.29) is 5.91 Å². The number of anilines is 2. The van der Waals surface area contributed by atoms with E-state index in [9.17, 15) is 4.79 Å². The number of amides is 1. The van der Waals surface area contributed by atoms with E-state index in [0.29, 0.717) is 19.3 Å². The largest absolute Gasteiger partial charge is 0.489 e. The van der Waals surface area contributed by atoms with Crippen molar-refractivity contribution < 1.29 is 14.3 Å². The average Bonchev–Trinajstić information content (AvgIpc) is 2.40. The summed E-state index contributed by atoms with van der Waals surface area (Å²) in [6, 6.07) is 5.89. The van der Waals surface area contributed by atoms with E-state index >= 15 is 0 Å². The summed E-state index contributed by atoms with van der Waals surface area (Å²) in [5.41, 5.74) is 1.63. The molecule has 0 aromatic heterocycles. The minimum Gasteiger partial charge on any atom is -0.489 e. The molecule has 0 aliphatic rings. The van der Waals surface area contributed by atoms with E-state index in [1.54, 1.807) is 7.11 Å². The third-order valence-corrected chi connectivity index (χ3v) is 2.86. The van der Waals surface area contributed by atoms with Gasteiger partial charge in [0, 0.05) is 25.8 Å². The second kappa shape index (κ2) is 8.43. The molecule has 0 saturated heterocycles. The molecule has 5 heteroatoms. The molecule has 1 amide bonds. The summed E-state index contributed by atoms with van der Waals surface area (Å²) in [6.45, 7) is 6.73. The van der Waals surface area contributed by atoms with Gasteiger partial charge in [0.15, 0.2) is 0 Å². The number of hydrogen-bond donors (Lipinski definition) is 2. The summed E-state index contributed by atoms with van der Waals surface area (Å²) in [7, 11) is 1.64. The third-order valence-electron chi connectivity index (χ3n) is 2.86. The first-order valence-corrected chi connectivity index (χ1v) is 6.86. The van der Waals surface area contributed by atoms with Gasteiger partial charge in [-0.1, -0.05) is 6.92 Å². The predicted molar refractivity (Wildman–Crippen MR) is 81.5 cm³/mol. The van der Waals surface area contributed by atoms with Gasteiger partial charge in [-0.3, -0.25) is 4.79 Å². The fourth-order valence-electron chi connectivity index (χ4n) is 1.65. The lowest BCUT2D eigenvalue weighted by Gasteiger charge is -2.18. The lowest BCUT2D eigenvalue weighted by atomic mass is 10.2. The quantitative estimate of drug-likeness (QED) is 0.719. The van der Waals surface area contributed by atoms with Crippen molar-refractivity contribution in [2.24, 2.45) is 0 Å². The molecule has 20 heavy (non-hydrogen) atoms. The molecule has 5 nitrogen and oxygen atoms in total. The molecule has 0 bridgehead atoms. The van der Waals surface area contributed by atoms with Crippen LogP contribution in [0.5, 0.6) is 5.75 Å². The Morgan fingerprint density at radius 1 is 1.35 bits per heavy atom. The van der Waals surface area contributed by atoms with Crippen LogP contribution in [0.1, 0.15) is 27.2 Å². The second-order valence-corrected chi connectivity index (χ2v) is 4.69. The van der Waals surface area contributed by atoms with Gasteiger partial charge in [-0.2, -0.15) is 0 Å². The smallest absolute Gasteiger partial charge is 0.221 e. The number of methoxy groups -OCH3 is 1. The van der Waals surface area contributed by atoms with Crippen LogP contribution in [0.25, 0.3) is 0 Å². The fourth-order valence-corrected chi connectivity index (χ4v) is 1.65. The molecule has 0 aliphatic heterocycles. The summed E-state index contributed by atoms with van der Waals surface area (Å²) in [5.74, 6) is 0.670. The van der Waals surface area contributed by atoms with E-state index in [0.717, 1.165) is 23.5 Å². The molecule has 0 spiro atoms. The SMILES string of the molecule is CCC(C)Nc1cc(NC(C)=O)ccc1OCCOC. The molecule has 0 aliphatic carbocycles. The summed E-state index contributed by atoms with van der Waals surface area (Å²) in [6.07, 6.45) is 1.00. The minimum atomic E-state index is -0.0902. The van der Waals surface area contributed by atoms with Gasteiger partial charge >= 0.3 is 0 Å². The third kappa shape index (κ3) is 5.48. The topological polar surface area (TPSA) is 59.6 Å². The van der Waals surface area contributed by atoms with Crippen molar-refractivity contribution in [1.29, 1.82) is 0 Å². The van der Waals surface area contributed by atoms with Crippen molar-refractivity contribution in [2.75, 3.05) is 31.0 Å². The van der Waals surface area contributed by atoms with Crippen LogP contribution in [0.2, 0.25) is 0 Å². The first kappa shape index (κ1) is 16.3. The zero-order chi connectivity index (χ0) is 15.0. The van der Waals surface area contributed by atoms with E-state index in [2.05, 4.69) is 24.5 Å². The minimum absolute atomic E-state index is 0.0902. The highest BCUT2D eigenvalue weighted by atomic mass is 16.5. The normalized spacial score (nSPS) is 11.8. The molecule has 2 N–H and O–H groups in total. The zero-order valence-electron chi connectivity index (χ0n) is 12.7. The highest BCUT2D eigenvalue weighted by Gasteiger charge is 2.08. The number of benzene rings is 1. The molecule has 1 atom stereocenters. The number of rotatable bonds is 8. The van der Waals surface area contributed by atoms with Gasteiger partial charge in [0.25, 0.3) is 0 Å². The number of ether oxygens (including phenoxy) is 2. The van der Waals surface area contributed by atoms with Gasteiger partial charge in [-0.25, -0.2) is 0 Å². The summed E-state index contributed by atoms with van der Waals surface area (Å²) in [5, 5.41) is 6.16. The Balaban J connectivity index is 2.87. The fraction of sp³-hybridized carbons (Fsp3) is 0.533. The Morgan fingerprint density at radius 2 is 2.10 bits per heavy atom. The molecule has 0 saturated carbocycles. The van der Waals surface area contributed by atoms with Crippen LogP contribution in [0.15, 0.2) is 18.2 Å². The van der Waals surface area contributed by atoms with Crippen molar-refractivity contribution in [3.8, 4) is 5.75 Å². The van der Waals surface area contributed by atoms with Crippen molar-refractivity contribution in [3.05, 3.63) is 18.2 Å². The molecule has 0 heterocycles. The molecule has 1 unspecified atom stereocenters. The maximum absolute atomic E-state index is 11.1. The van der Waals surface area contributed by atoms with Crippen molar-refractivity contribution >= 4 is 17.3 Å². The molecule has 1 aromatic carbocycles. The maximum atomic E-state index is 11.1. The first-order chi connectivity index (χ1) is 9.56. The Kier molecular flexibility index (Phi) is 6.87. The number of hydrogen-bond acceptors (Lipinski definition) is 4. The maximum Gasteiger partial charge on any atom is 0.221 e. The van der Waals surface area contributed by atoms with E-state index in [4.69, 9.17) is 9.47 Å². The number of nitrogens with one attached hydrogen (secondary N) is 2. The van der Waals surface area contributed by atoms with Crippen LogP contribution in [0.3, 0.4) is 0 Å². The van der Waals surface area contributed by atoms with Gasteiger partial charge < -0.3 is 20.1 Å². The van der Waals surface area contributed by atoms with Crippen LogP contribution in [-0.2, 0) is 9.53 Å². The van der Waals surface area contributed by atoms with E-state index in [1.807, 2.05) is 18.2 Å². The summed E-state index contributed by atoms with van der Waals surface area (Å²) < 4.78 is 10.7. The van der Waals surface area contributed by atoms with Gasteiger partial charge in [-0.15, -0.1) is 0 Å². The number of carbonyl (C=O) groups excluding carboxylic acids is 1. The van der Waals surface area contributed by atoms with Crippen molar-refractivity contribution in [3.63, 3.8) is 0 Å². The van der Waals surface area contributed by atoms with Gasteiger partial charge in [0.2, 0.25) is 5.91 Å². The molecule has 1 rings (SSSR count). The lowest BCUT2D eigenvalue weighted by Crippen LogP contribution is -2.15. The molecular weight excluding hydrogens is 256 g/mol. The zero-order valence-corrected chi connectivity index (χ0v) is 12.7. The number of carbonyl (C=O) groups is 1.